The lowest BCUT2D eigenvalue weighted by atomic mass is 10.1. The van der Waals surface area contributed by atoms with Gasteiger partial charge in [-0.3, -0.25) is 0 Å². The van der Waals surface area contributed by atoms with Gasteiger partial charge in [-0.1, -0.05) is 12.1 Å². The van der Waals surface area contributed by atoms with Crippen molar-refractivity contribution in [3.8, 4) is 0 Å². The van der Waals surface area contributed by atoms with Crippen molar-refractivity contribution in [2.45, 2.75) is 6.42 Å². The zero-order valence-corrected chi connectivity index (χ0v) is 8.75. The van der Waals surface area contributed by atoms with E-state index in [9.17, 15) is 0 Å². The van der Waals surface area contributed by atoms with Gasteiger partial charge in [0, 0.05) is 18.3 Å². The third-order valence-corrected chi connectivity index (χ3v) is 2.47. The van der Waals surface area contributed by atoms with Crippen molar-refractivity contribution in [3.05, 3.63) is 36.0 Å². The number of aromatic amines is 1. The first-order valence-electron chi connectivity index (χ1n) is 4.96. The average Bonchev–Trinajstić information content (AvgIpc) is 2.61. The number of nitrogens with one attached hydrogen (secondary N) is 1. The van der Waals surface area contributed by atoms with Crippen molar-refractivity contribution >= 4 is 10.9 Å². The Hall–Kier alpha value is -1.28. The molecule has 0 bridgehead atoms. The van der Waals surface area contributed by atoms with Crippen molar-refractivity contribution in [1.29, 1.82) is 0 Å². The molecule has 0 radical (unpaired) electrons. The van der Waals surface area contributed by atoms with Crippen molar-refractivity contribution in [2.75, 3.05) is 20.6 Å². The van der Waals surface area contributed by atoms with Crippen molar-refractivity contribution in [1.82, 2.24) is 9.88 Å². The fraction of sp³-hybridized carbons (Fsp3) is 0.333. The topological polar surface area (TPSA) is 19.0 Å². The Balaban J connectivity index is 2.17. The second kappa shape index (κ2) is 3.84. The van der Waals surface area contributed by atoms with Gasteiger partial charge in [0.2, 0.25) is 0 Å². The fourth-order valence-corrected chi connectivity index (χ4v) is 1.60. The first-order valence-corrected chi connectivity index (χ1v) is 4.96. The highest BCUT2D eigenvalue weighted by molar-refractivity contribution is 5.79. The van der Waals surface area contributed by atoms with Gasteiger partial charge in [-0.2, -0.15) is 0 Å². The van der Waals surface area contributed by atoms with Crippen LogP contribution in [0, 0.1) is 0 Å². The highest BCUT2D eigenvalue weighted by atomic mass is 15.0. The molecule has 0 aliphatic rings. The smallest absolute Gasteiger partial charge is 0.0456 e. The molecule has 1 aromatic heterocycles. The van der Waals surface area contributed by atoms with Crippen LogP contribution in [0.15, 0.2) is 30.5 Å². The molecule has 0 unspecified atom stereocenters. The van der Waals surface area contributed by atoms with Crippen LogP contribution < -0.4 is 0 Å². The summed E-state index contributed by atoms with van der Waals surface area (Å²) in [7, 11) is 4.21. The largest absolute Gasteiger partial charge is 0.361 e. The summed E-state index contributed by atoms with van der Waals surface area (Å²) in [4.78, 5) is 5.44. The molecular weight excluding hydrogens is 172 g/mol. The SMILES string of the molecule is CN(C)CCc1ccc2cc[nH]c2c1. The highest BCUT2D eigenvalue weighted by Crippen LogP contribution is 2.14. The molecule has 1 heterocycles. The lowest BCUT2D eigenvalue weighted by molar-refractivity contribution is 0.414. The number of rotatable bonds is 3. The summed E-state index contributed by atoms with van der Waals surface area (Å²) in [5.74, 6) is 0. The summed E-state index contributed by atoms with van der Waals surface area (Å²) in [6.07, 6.45) is 3.10. The van der Waals surface area contributed by atoms with E-state index in [4.69, 9.17) is 0 Å². The van der Waals surface area contributed by atoms with Gasteiger partial charge in [0.15, 0.2) is 0 Å². The molecule has 1 aromatic carbocycles. The van der Waals surface area contributed by atoms with Gasteiger partial charge in [0.05, 0.1) is 0 Å². The summed E-state index contributed by atoms with van der Waals surface area (Å²) in [6.45, 7) is 1.10. The summed E-state index contributed by atoms with van der Waals surface area (Å²) in [5.41, 5.74) is 2.63. The minimum Gasteiger partial charge on any atom is -0.361 e. The molecule has 2 aromatic rings. The second-order valence-corrected chi connectivity index (χ2v) is 3.95. The molecule has 74 valence electrons. The standard InChI is InChI=1S/C12H16N2/c1-14(2)8-6-10-3-4-11-5-7-13-12(11)9-10/h3-5,7,9,13H,6,8H2,1-2H3. The monoisotopic (exact) mass is 188 g/mol. The third-order valence-electron chi connectivity index (χ3n) is 2.47. The summed E-state index contributed by atoms with van der Waals surface area (Å²) in [6, 6.07) is 8.72. The zero-order valence-electron chi connectivity index (χ0n) is 8.75. The molecule has 0 atom stereocenters. The summed E-state index contributed by atoms with van der Waals surface area (Å²) < 4.78 is 0. The molecule has 2 heteroatoms. The summed E-state index contributed by atoms with van der Waals surface area (Å²) in [5, 5.41) is 1.29. The number of hydrogen-bond donors (Lipinski definition) is 1. The van der Waals surface area contributed by atoms with Crippen LogP contribution in [0.5, 0.6) is 0 Å². The number of nitrogens with zero attached hydrogens (tertiary/aromatic N) is 1. The molecule has 2 rings (SSSR count). The van der Waals surface area contributed by atoms with Gasteiger partial charge in [-0.15, -0.1) is 0 Å². The van der Waals surface area contributed by atoms with Crippen LogP contribution in [0.4, 0.5) is 0 Å². The number of H-pyrrole nitrogens is 1. The zero-order chi connectivity index (χ0) is 9.97. The Kier molecular flexibility index (Phi) is 2.55. The van der Waals surface area contributed by atoms with Crippen molar-refractivity contribution in [2.24, 2.45) is 0 Å². The molecular formula is C12H16N2. The lowest BCUT2D eigenvalue weighted by Gasteiger charge is -2.08. The maximum atomic E-state index is 3.23. The normalized spacial score (nSPS) is 11.4. The third kappa shape index (κ3) is 1.96. The molecule has 0 aliphatic carbocycles. The Bertz CT molecular complexity index is 415. The molecule has 0 spiro atoms. The van der Waals surface area contributed by atoms with Crippen LogP contribution in [0.1, 0.15) is 5.56 Å². The van der Waals surface area contributed by atoms with E-state index >= 15 is 0 Å². The Morgan fingerprint density at radius 1 is 1.21 bits per heavy atom. The van der Waals surface area contributed by atoms with E-state index in [-0.39, 0.29) is 0 Å². The first kappa shape index (κ1) is 9.28. The maximum Gasteiger partial charge on any atom is 0.0456 e. The van der Waals surface area contributed by atoms with E-state index < -0.39 is 0 Å². The molecule has 2 nitrogen and oxygen atoms in total. The number of fused-ring (bicyclic) bond motifs is 1. The fourth-order valence-electron chi connectivity index (χ4n) is 1.60. The van der Waals surface area contributed by atoms with Crippen molar-refractivity contribution < 1.29 is 0 Å². The lowest BCUT2D eigenvalue weighted by Crippen LogP contribution is -2.14. The van der Waals surface area contributed by atoms with Crippen LogP contribution in [0.3, 0.4) is 0 Å². The van der Waals surface area contributed by atoms with E-state index in [1.807, 2.05) is 6.20 Å². The van der Waals surface area contributed by atoms with Crippen molar-refractivity contribution in [3.63, 3.8) is 0 Å². The summed E-state index contributed by atoms with van der Waals surface area (Å²) >= 11 is 0. The van der Waals surface area contributed by atoms with Gasteiger partial charge in [0.1, 0.15) is 0 Å². The van der Waals surface area contributed by atoms with Crippen LogP contribution in [0.25, 0.3) is 10.9 Å². The molecule has 0 amide bonds. The quantitative estimate of drug-likeness (QED) is 0.783. The Labute approximate surface area is 84.5 Å². The second-order valence-electron chi connectivity index (χ2n) is 3.95. The molecule has 0 aliphatic heterocycles. The molecule has 0 fully saturated rings. The van der Waals surface area contributed by atoms with E-state index in [1.165, 1.54) is 16.5 Å². The minimum absolute atomic E-state index is 1.10. The van der Waals surface area contributed by atoms with Gasteiger partial charge in [0.25, 0.3) is 0 Å². The molecule has 0 saturated heterocycles. The average molecular weight is 188 g/mol. The van der Waals surface area contributed by atoms with E-state index in [1.54, 1.807) is 0 Å². The maximum absolute atomic E-state index is 3.23. The number of likely N-dealkylation sites (N-methyl/N-ethyl adjacent to an activating group) is 1. The van der Waals surface area contributed by atoms with E-state index in [0.717, 1.165) is 13.0 Å². The number of benzene rings is 1. The van der Waals surface area contributed by atoms with Gasteiger partial charge < -0.3 is 9.88 Å². The first-order chi connectivity index (χ1) is 6.75. The van der Waals surface area contributed by atoms with Crippen LogP contribution in [-0.4, -0.2) is 30.5 Å². The molecule has 14 heavy (non-hydrogen) atoms. The van der Waals surface area contributed by atoms with Crippen LogP contribution >= 0.6 is 0 Å². The van der Waals surface area contributed by atoms with Crippen LogP contribution in [0.2, 0.25) is 0 Å². The Morgan fingerprint density at radius 2 is 2.07 bits per heavy atom. The predicted molar refractivity (Wildman–Crippen MR) is 60.6 cm³/mol. The number of hydrogen-bond acceptors (Lipinski definition) is 1. The minimum atomic E-state index is 1.10. The molecule has 0 saturated carbocycles. The number of aromatic nitrogens is 1. The molecule has 1 N–H and O–H groups in total. The van der Waals surface area contributed by atoms with Gasteiger partial charge in [-0.05, 0) is 43.6 Å². The van der Waals surface area contributed by atoms with Gasteiger partial charge >= 0.3 is 0 Å². The highest BCUT2D eigenvalue weighted by Gasteiger charge is 1.97. The predicted octanol–water partition coefficient (Wildman–Crippen LogP) is 2.27. The van der Waals surface area contributed by atoms with Gasteiger partial charge in [-0.25, -0.2) is 0 Å². The van der Waals surface area contributed by atoms with Crippen LogP contribution in [-0.2, 0) is 6.42 Å². The van der Waals surface area contributed by atoms with E-state index in [0.29, 0.717) is 0 Å². The van der Waals surface area contributed by atoms with E-state index in [2.05, 4.69) is 48.2 Å². The Morgan fingerprint density at radius 3 is 2.86 bits per heavy atom.